The Bertz CT molecular complexity index is 491. The van der Waals surface area contributed by atoms with E-state index >= 15 is 0 Å². The summed E-state index contributed by atoms with van der Waals surface area (Å²) in [4.78, 5) is 21.3. The second-order valence-corrected chi connectivity index (χ2v) is 6.65. The lowest BCUT2D eigenvalue weighted by Gasteiger charge is -2.25. The van der Waals surface area contributed by atoms with Gasteiger partial charge in [0, 0.05) is 32.3 Å². The number of carbonyl (C=O) groups excluding carboxylic acids is 1. The summed E-state index contributed by atoms with van der Waals surface area (Å²) >= 11 is 1.49. The molecule has 0 amide bonds. The third-order valence-electron chi connectivity index (χ3n) is 4.52. The molecule has 3 heterocycles. The number of hydrogen-bond acceptors (Lipinski definition) is 6. The second-order valence-electron chi connectivity index (χ2n) is 5.64. The lowest BCUT2D eigenvalue weighted by atomic mass is 10.1. The third-order valence-corrected chi connectivity index (χ3v) is 5.61. The van der Waals surface area contributed by atoms with Gasteiger partial charge < -0.3 is 9.64 Å². The van der Waals surface area contributed by atoms with E-state index in [0.717, 1.165) is 30.2 Å². The topological polar surface area (TPSA) is 45.7 Å². The number of carbonyl (C=O) groups is 1. The zero-order valence-corrected chi connectivity index (χ0v) is 12.9. The van der Waals surface area contributed by atoms with Gasteiger partial charge in [0.25, 0.3) is 0 Å². The number of anilines is 1. The van der Waals surface area contributed by atoms with E-state index in [1.54, 1.807) is 7.11 Å². The van der Waals surface area contributed by atoms with Crippen molar-refractivity contribution in [3.05, 3.63) is 10.6 Å². The average molecular weight is 295 g/mol. The number of aldehydes is 1. The molecule has 0 N–H and O–H groups in total. The smallest absolute Gasteiger partial charge is 0.186 e. The van der Waals surface area contributed by atoms with E-state index in [1.165, 1.54) is 30.6 Å². The molecule has 2 aliphatic rings. The van der Waals surface area contributed by atoms with Crippen LogP contribution >= 0.6 is 11.3 Å². The van der Waals surface area contributed by atoms with Gasteiger partial charge >= 0.3 is 0 Å². The Labute approximate surface area is 123 Å². The van der Waals surface area contributed by atoms with Crippen molar-refractivity contribution in [1.82, 2.24) is 9.88 Å². The van der Waals surface area contributed by atoms with Crippen molar-refractivity contribution in [3.8, 4) is 0 Å². The van der Waals surface area contributed by atoms with E-state index in [0.29, 0.717) is 23.6 Å². The fourth-order valence-electron chi connectivity index (χ4n) is 3.30. The lowest BCUT2D eigenvalue weighted by molar-refractivity contribution is 0.112. The van der Waals surface area contributed by atoms with Crippen LogP contribution in [0.2, 0.25) is 0 Å². The summed E-state index contributed by atoms with van der Waals surface area (Å²) in [7, 11) is 3.87. The first-order valence-electron chi connectivity index (χ1n) is 7.13. The van der Waals surface area contributed by atoms with Gasteiger partial charge in [-0.25, -0.2) is 4.98 Å². The van der Waals surface area contributed by atoms with Crippen LogP contribution in [0.15, 0.2) is 0 Å². The molecule has 110 valence electrons. The van der Waals surface area contributed by atoms with Gasteiger partial charge in [-0.1, -0.05) is 11.3 Å². The first-order chi connectivity index (χ1) is 9.72. The van der Waals surface area contributed by atoms with Crippen molar-refractivity contribution in [2.75, 3.05) is 32.1 Å². The van der Waals surface area contributed by atoms with Gasteiger partial charge in [0.05, 0.1) is 17.2 Å². The minimum absolute atomic E-state index is 0.407. The Morgan fingerprint density at radius 3 is 2.95 bits per heavy atom. The molecule has 5 nitrogen and oxygen atoms in total. The molecule has 0 aromatic carbocycles. The van der Waals surface area contributed by atoms with Crippen LogP contribution in [0.4, 0.5) is 5.13 Å². The monoisotopic (exact) mass is 295 g/mol. The molecule has 2 atom stereocenters. The minimum atomic E-state index is 0.407. The maximum Gasteiger partial charge on any atom is 0.186 e. The number of hydrogen-bond donors (Lipinski definition) is 0. The fourth-order valence-corrected chi connectivity index (χ4v) is 4.22. The fraction of sp³-hybridized carbons (Fsp3) is 0.714. The summed E-state index contributed by atoms with van der Waals surface area (Å²) in [6.07, 6.45) is 4.67. The standard InChI is InChI=1S/C14H21N3O2S/c1-16-10-3-4-11(16)7-17(6-5-10)14-15-12(9-19-2)13(8-18)20-14/h8,10-11H,3-7,9H2,1-2H3. The average Bonchev–Trinajstić information content (AvgIpc) is 2.92. The van der Waals surface area contributed by atoms with Gasteiger partial charge in [0.2, 0.25) is 0 Å². The molecule has 2 aliphatic heterocycles. The van der Waals surface area contributed by atoms with Crippen LogP contribution in [0.5, 0.6) is 0 Å². The molecular weight excluding hydrogens is 274 g/mol. The first kappa shape index (κ1) is 14.0. The number of likely N-dealkylation sites (N-methyl/N-ethyl adjacent to an activating group) is 1. The van der Waals surface area contributed by atoms with Crippen molar-refractivity contribution < 1.29 is 9.53 Å². The zero-order valence-electron chi connectivity index (χ0n) is 12.0. The zero-order chi connectivity index (χ0) is 14.1. The molecule has 2 unspecified atom stereocenters. The van der Waals surface area contributed by atoms with Crippen molar-refractivity contribution in [2.24, 2.45) is 0 Å². The Hall–Kier alpha value is -0.980. The molecule has 0 aliphatic carbocycles. The predicted molar refractivity (Wildman–Crippen MR) is 79.6 cm³/mol. The largest absolute Gasteiger partial charge is 0.378 e. The number of fused-ring (bicyclic) bond motifs is 2. The number of ether oxygens (including phenoxy) is 1. The van der Waals surface area contributed by atoms with Gasteiger partial charge in [-0.3, -0.25) is 9.69 Å². The molecule has 0 spiro atoms. The molecular formula is C14H21N3O2S. The normalized spacial score (nSPS) is 26.8. The predicted octanol–water partition coefficient (Wildman–Crippen LogP) is 1.77. The summed E-state index contributed by atoms with van der Waals surface area (Å²) in [6, 6.07) is 1.34. The Morgan fingerprint density at radius 1 is 1.40 bits per heavy atom. The number of rotatable bonds is 4. The highest BCUT2D eigenvalue weighted by Crippen LogP contribution is 2.33. The summed E-state index contributed by atoms with van der Waals surface area (Å²) in [6.45, 7) is 2.46. The molecule has 2 saturated heterocycles. The van der Waals surface area contributed by atoms with Crippen LogP contribution in [0.1, 0.15) is 34.6 Å². The van der Waals surface area contributed by atoms with Crippen molar-refractivity contribution in [1.29, 1.82) is 0 Å². The quantitative estimate of drug-likeness (QED) is 0.792. The van der Waals surface area contributed by atoms with Gasteiger partial charge in [-0.2, -0.15) is 0 Å². The SMILES string of the molecule is COCc1nc(N2CCC3CCC(C2)N3C)sc1C=O. The molecule has 0 radical (unpaired) electrons. The van der Waals surface area contributed by atoms with E-state index in [4.69, 9.17) is 4.74 Å². The summed E-state index contributed by atoms with van der Waals surface area (Å²) in [5.41, 5.74) is 0.769. The van der Waals surface area contributed by atoms with Crippen molar-refractivity contribution in [3.63, 3.8) is 0 Å². The van der Waals surface area contributed by atoms with E-state index < -0.39 is 0 Å². The highest BCUT2D eigenvalue weighted by atomic mass is 32.1. The Balaban J connectivity index is 1.80. The number of nitrogens with zero attached hydrogens (tertiary/aromatic N) is 3. The molecule has 1 aromatic heterocycles. The summed E-state index contributed by atoms with van der Waals surface area (Å²) < 4.78 is 5.12. The first-order valence-corrected chi connectivity index (χ1v) is 7.95. The second kappa shape index (κ2) is 5.79. The van der Waals surface area contributed by atoms with Gasteiger partial charge in [-0.05, 0) is 26.3 Å². The van der Waals surface area contributed by atoms with E-state index in [-0.39, 0.29) is 0 Å². The van der Waals surface area contributed by atoms with Crippen LogP contribution in [-0.4, -0.2) is 55.5 Å². The summed E-state index contributed by atoms with van der Waals surface area (Å²) in [5.74, 6) is 0. The van der Waals surface area contributed by atoms with Gasteiger partial charge in [0.1, 0.15) is 0 Å². The van der Waals surface area contributed by atoms with Crippen LogP contribution in [0.3, 0.4) is 0 Å². The number of thiazole rings is 1. The van der Waals surface area contributed by atoms with Crippen LogP contribution in [0, 0.1) is 0 Å². The van der Waals surface area contributed by atoms with Gasteiger partial charge in [-0.15, -0.1) is 0 Å². The Morgan fingerprint density at radius 2 is 2.20 bits per heavy atom. The van der Waals surface area contributed by atoms with Crippen LogP contribution in [0.25, 0.3) is 0 Å². The van der Waals surface area contributed by atoms with E-state index in [2.05, 4.69) is 21.8 Å². The third kappa shape index (κ3) is 2.47. The van der Waals surface area contributed by atoms with E-state index in [1.807, 2.05) is 0 Å². The lowest BCUT2D eigenvalue weighted by Crippen LogP contribution is -2.36. The van der Waals surface area contributed by atoms with Crippen LogP contribution < -0.4 is 4.90 Å². The molecule has 3 rings (SSSR count). The summed E-state index contributed by atoms with van der Waals surface area (Å²) in [5, 5.41) is 0.972. The molecule has 2 bridgehead atoms. The maximum absolute atomic E-state index is 11.1. The van der Waals surface area contributed by atoms with Gasteiger partial charge in [0.15, 0.2) is 11.4 Å². The number of aromatic nitrogens is 1. The molecule has 2 fully saturated rings. The molecule has 0 saturated carbocycles. The maximum atomic E-state index is 11.1. The minimum Gasteiger partial charge on any atom is -0.378 e. The van der Waals surface area contributed by atoms with Crippen LogP contribution in [-0.2, 0) is 11.3 Å². The van der Waals surface area contributed by atoms with E-state index in [9.17, 15) is 4.79 Å². The Kier molecular flexibility index (Phi) is 4.05. The van der Waals surface area contributed by atoms with Crippen molar-refractivity contribution in [2.45, 2.75) is 38.0 Å². The molecule has 20 heavy (non-hydrogen) atoms. The molecule has 6 heteroatoms. The van der Waals surface area contributed by atoms with Crippen molar-refractivity contribution >= 4 is 22.8 Å². The highest BCUT2D eigenvalue weighted by Gasteiger charge is 2.35. The molecule has 1 aromatic rings. The number of methoxy groups -OCH3 is 1. The highest BCUT2D eigenvalue weighted by molar-refractivity contribution is 7.17.